The van der Waals surface area contributed by atoms with Crippen LogP contribution in [-0.2, 0) is 0 Å². The molecule has 3 N–H and O–H groups in total. The van der Waals surface area contributed by atoms with E-state index in [1.165, 1.54) is 49.0 Å². The highest BCUT2D eigenvalue weighted by Gasteiger charge is 2.21. The Hall–Kier alpha value is -0.510. The van der Waals surface area contributed by atoms with E-state index in [4.69, 9.17) is 5.84 Å². The number of hydrogen-bond donors (Lipinski definition) is 2. The van der Waals surface area contributed by atoms with Gasteiger partial charge in [0.2, 0.25) is 0 Å². The van der Waals surface area contributed by atoms with Gasteiger partial charge in [-0.25, -0.2) is 0 Å². The van der Waals surface area contributed by atoms with Crippen molar-refractivity contribution >= 4 is 11.8 Å². The van der Waals surface area contributed by atoms with Crippen molar-refractivity contribution in [1.82, 2.24) is 5.43 Å². The first-order valence-electron chi connectivity index (χ1n) is 7.45. The van der Waals surface area contributed by atoms with Crippen LogP contribution in [0.2, 0.25) is 0 Å². The SMILES string of the molecule is Cc1cccc(SCC(NN)C2CCCCCC2)c1. The number of thioether (sulfide) groups is 1. The predicted molar refractivity (Wildman–Crippen MR) is 84.2 cm³/mol. The summed E-state index contributed by atoms with van der Waals surface area (Å²) >= 11 is 1.93. The van der Waals surface area contributed by atoms with Gasteiger partial charge in [-0.05, 0) is 37.8 Å². The van der Waals surface area contributed by atoms with Crippen LogP contribution >= 0.6 is 11.8 Å². The molecule has 1 aromatic rings. The van der Waals surface area contributed by atoms with E-state index in [0.29, 0.717) is 6.04 Å². The first kappa shape index (κ1) is 14.9. The Morgan fingerprint density at radius 3 is 2.63 bits per heavy atom. The average molecular weight is 278 g/mol. The number of nitrogens with two attached hydrogens (primary N) is 1. The van der Waals surface area contributed by atoms with Crippen molar-refractivity contribution in [3.63, 3.8) is 0 Å². The molecule has 0 aliphatic heterocycles. The highest BCUT2D eigenvalue weighted by molar-refractivity contribution is 7.99. The van der Waals surface area contributed by atoms with Gasteiger partial charge in [0.05, 0.1) is 0 Å². The normalized spacial score (nSPS) is 19.1. The van der Waals surface area contributed by atoms with Crippen LogP contribution in [0, 0.1) is 12.8 Å². The molecule has 3 heteroatoms. The van der Waals surface area contributed by atoms with Gasteiger partial charge in [-0.2, -0.15) is 0 Å². The lowest BCUT2D eigenvalue weighted by Crippen LogP contribution is -2.42. The van der Waals surface area contributed by atoms with Crippen LogP contribution in [0.15, 0.2) is 29.2 Å². The van der Waals surface area contributed by atoms with Crippen molar-refractivity contribution in [2.24, 2.45) is 11.8 Å². The largest absolute Gasteiger partial charge is 0.271 e. The molecule has 1 aliphatic carbocycles. The molecule has 1 fully saturated rings. The van der Waals surface area contributed by atoms with Gasteiger partial charge >= 0.3 is 0 Å². The number of rotatable bonds is 5. The van der Waals surface area contributed by atoms with Crippen molar-refractivity contribution < 1.29 is 0 Å². The van der Waals surface area contributed by atoms with Gasteiger partial charge in [0, 0.05) is 16.7 Å². The van der Waals surface area contributed by atoms with Crippen LogP contribution in [0.1, 0.15) is 44.1 Å². The third-order valence-electron chi connectivity index (χ3n) is 4.10. The fourth-order valence-corrected chi connectivity index (χ4v) is 4.11. The van der Waals surface area contributed by atoms with E-state index in [-0.39, 0.29) is 0 Å². The molecule has 0 amide bonds. The van der Waals surface area contributed by atoms with Crippen molar-refractivity contribution in [3.05, 3.63) is 29.8 Å². The minimum Gasteiger partial charge on any atom is -0.271 e. The van der Waals surface area contributed by atoms with Crippen LogP contribution in [0.25, 0.3) is 0 Å². The van der Waals surface area contributed by atoms with Crippen molar-refractivity contribution in [3.8, 4) is 0 Å². The molecule has 1 atom stereocenters. The average Bonchev–Trinajstić information content (AvgIpc) is 2.69. The maximum Gasteiger partial charge on any atom is 0.0332 e. The quantitative estimate of drug-likeness (QED) is 0.371. The van der Waals surface area contributed by atoms with E-state index < -0.39 is 0 Å². The van der Waals surface area contributed by atoms with Gasteiger partial charge in [0.15, 0.2) is 0 Å². The van der Waals surface area contributed by atoms with Crippen molar-refractivity contribution in [1.29, 1.82) is 0 Å². The third-order valence-corrected chi connectivity index (χ3v) is 5.22. The summed E-state index contributed by atoms with van der Waals surface area (Å²) in [5.41, 5.74) is 4.39. The monoisotopic (exact) mass is 278 g/mol. The smallest absolute Gasteiger partial charge is 0.0332 e. The third kappa shape index (κ3) is 4.83. The molecular formula is C16H26N2S. The van der Waals surface area contributed by atoms with Gasteiger partial charge in [0.25, 0.3) is 0 Å². The Kier molecular flexibility index (Phi) is 6.21. The topological polar surface area (TPSA) is 38.0 Å². The molecule has 1 aromatic carbocycles. The Labute approximate surface area is 121 Å². The zero-order chi connectivity index (χ0) is 13.5. The molecule has 0 radical (unpaired) electrons. The number of nitrogens with one attached hydrogen (secondary N) is 1. The van der Waals surface area contributed by atoms with E-state index in [1.807, 2.05) is 11.8 Å². The maximum absolute atomic E-state index is 5.79. The minimum absolute atomic E-state index is 0.448. The lowest BCUT2D eigenvalue weighted by molar-refractivity contribution is 0.346. The molecular weight excluding hydrogens is 252 g/mol. The summed E-state index contributed by atoms with van der Waals surface area (Å²) in [7, 11) is 0. The van der Waals surface area contributed by atoms with E-state index in [9.17, 15) is 0 Å². The molecule has 0 aromatic heterocycles. The molecule has 1 saturated carbocycles. The van der Waals surface area contributed by atoms with Gasteiger partial charge < -0.3 is 0 Å². The highest BCUT2D eigenvalue weighted by Crippen LogP contribution is 2.29. The van der Waals surface area contributed by atoms with E-state index in [0.717, 1.165) is 11.7 Å². The van der Waals surface area contributed by atoms with Gasteiger partial charge in [-0.3, -0.25) is 11.3 Å². The second-order valence-corrected chi connectivity index (χ2v) is 6.75. The molecule has 19 heavy (non-hydrogen) atoms. The molecule has 0 saturated heterocycles. The zero-order valence-corrected chi connectivity index (χ0v) is 12.7. The lowest BCUT2D eigenvalue weighted by atomic mass is 9.93. The summed E-state index contributed by atoms with van der Waals surface area (Å²) in [5, 5.41) is 0. The summed E-state index contributed by atoms with van der Waals surface area (Å²) in [6.07, 6.45) is 8.22. The van der Waals surface area contributed by atoms with E-state index in [2.05, 4.69) is 36.6 Å². The maximum atomic E-state index is 5.79. The molecule has 2 rings (SSSR count). The molecule has 1 aliphatic rings. The van der Waals surface area contributed by atoms with Gasteiger partial charge in [0.1, 0.15) is 0 Å². The summed E-state index contributed by atoms with van der Waals surface area (Å²) in [4.78, 5) is 1.36. The molecule has 0 spiro atoms. The van der Waals surface area contributed by atoms with Gasteiger partial charge in [-0.15, -0.1) is 11.8 Å². The highest BCUT2D eigenvalue weighted by atomic mass is 32.2. The molecule has 1 unspecified atom stereocenters. The van der Waals surface area contributed by atoms with Crippen LogP contribution in [-0.4, -0.2) is 11.8 Å². The van der Waals surface area contributed by atoms with Gasteiger partial charge in [-0.1, -0.05) is 43.4 Å². The Balaban J connectivity index is 1.87. The van der Waals surface area contributed by atoms with Crippen LogP contribution in [0.4, 0.5) is 0 Å². The predicted octanol–water partition coefficient (Wildman–Crippen LogP) is 3.89. The summed E-state index contributed by atoms with van der Waals surface area (Å²) in [6, 6.07) is 9.18. The summed E-state index contributed by atoms with van der Waals surface area (Å²) in [6.45, 7) is 2.15. The van der Waals surface area contributed by atoms with Crippen LogP contribution in [0.5, 0.6) is 0 Å². The number of hydrazine groups is 1. The fourth-order valence-electron chi connectivity index (χ4n) is 2.92. The lowest BCUT2D eigenvalue weighted by Gasteiger charge is -2.25. The van der Waals surface area contributed by atoms with E-state index in [1.54, 1.807) is 0 Å². The first-order valence-corrected chi connectivity index (χ1v) is 8.44. The first-order chi connectivity index (χ1) is 9.29. The molecule has 0 bridgehead atoms. The van der Waals surface area contributed by atoms with Crippen LogP contribution in [0.3, 0.4) is 0 Å². The van der Waals surface area contributed by atoms with E-state index >= 15 is 0 Å². The second kappa shape index (κ2) is 7.93. The minimum atomic E-state index is 0.448. The Bertz CT molecular complexity index is 373. The number of benzene rings is 1. The second-order valence-electron chi connectivity index (χ2n) is 5.65. The standard InChI is InChI=1S/C16H26N2S/c1-13-7-6-10-15(11-13)19-12-16(18-17)14-8-4-2-3-5-9-14/h6-7,10-11,14,16,18H,2-5,8-9,12,17H2,1H3. The fraction of sp³-hybridized carbons (Fsp3) is 0.625. The molecule has 2 nitrogen and oxygen atoms in total. The zero-order valence-electron chi connectivity index (χ0n) is 11.9. The number of aryl methyl sites for hydroxylation is 1. The number of hydrogen-bond acceptors (Lipinski definition) is 3. The molecule has 0 heterocycles. The van der Waals surface area contributed by atoms with Crippen LogP contribution < -0.4 is 11.3 Å². The Morgan fingerprint density at radius 2 is 2.00 bits per heavy atom. The summed E-state index contributed by atoms with van der Waals surface area (Å²) in [5.74, 6) is 7.61. The van der Waals surface area contributed by atoms with Crippen molar-refractivity contribution in [2.45, 2.75) is 56.4 Å². The molecule has 106 valence electrons. The summed E-state index contributed by atoms with van der Waals surface area (Å²) < 4.78 is 0. The van der Waals surface area contributed by atoms with Crippen molar-refractivity contribution in [2.75, 3.05) is 5.75 Å². The Morgan fingerprint density at radius 1 is 1.26 bits per heavy atom.